The Balaban J connectivity index is 1.84. The van der Waals surface area contributed by atoms with Gasteiger partial charge in [-0.2, -0.15) is 0 Å². The van der Waals surface area contributed by atoms with Crippen LogP contribution in [0.3, 0.4) is 0 Å². The van der Waals surface area contributed by atoms with Gasteiger partial charge in [0.2, 0.25) is 0 Å². The van der Waals surface area contributed by atoms with Crippen LogP contribution >= 0.6 is 0 Å². The number of hydrogen-bond donors (Lipinski definition) is 2. The minimum atomic E-state index is 0.492. The summed E-state index contributed by atoms with van der Waals surface area (Å²) in [6.45, 7) is 12.1. The number of benzene rings is 1. The highest BCUT2D eigenvalue weighted by Crippen LogP contribution is 2.12. The van der Waals surface area contributed by atoms with E-state index in [4.69, 9.17) is 4.74 Å². The summed E-state index contributed by atoms with van der Waals surface area (Å²) in [5.41, 5.74) is 2.55. The van der Waals surface area contributed by atoms with Crippen molar-refractivity contribution in [1.82, 2.24) is 15.5 Å². The molecule has 1 fully saturated rings. The molecular weight excluding hydrogens is 300 g/mol. The molecule has 0 amide bonds. The molecule has 1 saturated heterocycles. The lowest BCUT2D eigenvalue weighted by Crippen LogP contribution is -2.52. The zero-order chi connectivity index (χ0) is 17.4. The van der Waals surface area contributed by atoms with Gasteiger partial charge in [0.1, 0.15) is 0 Å². The van der Waals surface area contributed by atoms with E-state index < -0.39 is 0 Å². The average molecular weight is 332 g/mol. The molecule has 2 rings (SSSR count). The van der Waals surface area contributed by atoms with Gasteiger partial charge in [-0.05, 0) is 18.4 Å². The Labute approximate surface area is 146 Å². The van der Waals surface area contributed by atoms with Crippen molar-refractivity contribution in [3.63, 3.8) is 0 Å². The van der Waals surface area contributed by atoms with Crippen LogP contribution in [0.4, 0.5) is 0 Å². The SMILES string of the molecule is CN=C(NCc1cccc(C)c1)NCC(C(C)C)N1CCOCC1. The van der Waals surface area contributed by atoms with Gasteiger partial charge in [-0.3, -0.25) is 9.89 Å². The number of nitrogens with zero attached hydrogens (tertiary/aromatic N) is 2. The highest BCUT2D eigenvalue weighted by Gasteiger charge is 2.23. The molecule has 0 bridgehead atoms. The van der Waals surface area contributed by atoms with Crippen molar-refractivity contribution >= 4 is 5.96 Å². The molecule has 0 spiro atoms. The number of rotatable bonds is 6. The molecule has 2 N–H and O–H groups in total. The van der Waals surface area contributed by atoms with Crippen molar-refractivity contribution < 1.29 is 4.74 Å². The summed E-state index contributed by atoms with van der Waals surface area (Å²) >= 11 is 0. The third-order valence-corrected chi connectivity index (χ3v) is 4.53. The lowest BCUT2D eigenvalue weighted by atomic mass is 10.0. The predicted octanol–water partition coefficient (Wildman–Crippen LogP) is 2.02. The van der Waals surface area contributed by atoms with Crippen LogP contribution in [0.5, 0.6) is 0 Å². The van der Waals surface area contributed by atoms with Crippen LogP contribution in [0.25, 0.3) is 0 Å². The molecule has 1 aliphatic rings. The maximum Gasteiger partial charge on any atom is 0.191 e. The maximum atomic E-state index is 5.48. The van der Waals surface area contributed by atoms with Crippen molar-refractivity contribution in [2.24, 2.45) is 10.9 Å². The Morgan fingerprint density at radius 1 is 1.25 bits per heavy atom. The Bertz CT molecular complexity index is 524. The second kappa shape index (κ2) is 9.64. The van der Waals surface area contributed by atoms with Crippen LogP contribution in [0.2, 0.25) is 0 Å². The number of aryl methyl sites for hydroxylation is 1. The molecule has 1 atom stereocenters. The zero-order valence-corrected chi connectivity index (χ0v) is 15.5. The third kappa shape index (κ3) is 5.80. The topological polar surface area (TPSA) is 48.9 Å². The van der Waals surface area contributed by atoms with Crippen molar-refractivity contribution in [3.05, 3.63) is 35.4 Å². The van der Waals surface area contributed by atoms with Gasteiger partial charge in [0, 0.05) is 39.3 Å². The minimum absolute atomic E-state index is 0.492. The lowest BCUT2D eigenvalue weighted by Gasteiger charge is -2.37. The number of morpholine rings is 1. The smallest absolute Gasteiger partial charge is 0.191 e. The van der Waals surface area contributed by atoms with Gasteiger partial charge < -0.3 is 15.4 Å². The van der Waals surface area contributed by atoms with E-state index in [0.717, 1.165) is 45.4 Å². The maximum absolute atomic E-state index is 5.48. The molecule has 24 heavy (non-hydrogen) atoms. The fourth-order valence-corrected chi connectivity index (χ4v) is 3.13. The Morgan fingerprint density at radius 2 is 2.00 bits per heavy atom. The molecule has 0 aliphatic carbocycles. The Morgan fingerprint density at radius 3 is 2.62 bits per heavy atom. The molecule has 5 nitrogen and oxygen atoms in total. The van der Waals surface area contributed by atoms with E-state index >= 15 is 0 Å². The van der Waals surface area contributed by atoms with E-state index in [1.165, 1.54) is 11.1 Å². The fraction of sp³-hybridized carbons (Fsp3) is 0.632. The number of ether oxygens (including phenoxy) is 1. The van der Waals surface area contributed by atoms with Crippen LogP contribution < -0.4 is 10.6 Å². The summed E-state index contributed by atoms with van der Waals surface area (Å²) in [7, 11) is 1.82. The van der Waals surface area contributed by atoms with E-state index in [9.17, 15) is 0 Å². The highest BCUT2D eigenvalue weighted by atomic mass is 16.5. The lowest BCUT2D eigenvalue weighted by molar-refractivity contribution is 0.00752. The van der Waals surface area contributed by atoms with Gasteiger partial charge in [0.25, 0.3) is 0 Å². The molecular formula is C19H32N4O. The summed E-state index contributed by atoms with van der Waals surface area (Å²) in [5.74, 6) is 1.45. The first-order chi connectivity index (χ1) is 11.6. The summed E-state index contributed by atoms with van der Waals surface area (Å²) in [6.07, 6.45) is 0. The molecule has 1 unspecified atom stereocenters. The summed E-state index contributed by atoms with van der Waals surface area (Å²) in [5, 5.41) is 6.90. The summed E-state index contributed by atoms with van der Waals surface area (Å²) in [6, 6.07) is 9.04. The molecule has 0 aromatic heterocycles. The molecule has 1 heterocycles. The van der Waals surface area contributed by atoms with Gasteiger partial charge in [-0.25, -0.2) is 0 Å². The first-order valence-corrected chi connectivity index (χ1v) is 8.92. The van der Waals surface area contributed by atoms with Crippen LogP contribution in [-0.2, 0) is 11.3 Å². The number of hydrogen-bond acceptors (Lipinski definition) is 3. The van der Waals surface area contributed by atoms with Crippen LogP contribution in [0, 0.1) is 12.8 Å². The molecule has 1 aliphatic heterocycles. The van der Waals surface area contributed by atoms with E-state index in [1.54, 1.807) is 0 Å². The molecule has 1 aromatic rings. The van der Waals surface area contributed by atoms with E-state index in [2.05, 4.69) is 65.6 Å². The highest BCUT2D eigenvalue weighted by molar-refractivity contribution is 5.79. The fourth-order valence-electron chi connectivity index (χ4n) is 3.13. The van der Waals surface area contributed by atoms with Crippen LogP contribution in [0.15, 0.2) is 29.3 Å². The predicted molar refractivity (Wildman–Crippen MR) is 100 cm³/mol. The number of guanidine groups is 1. The second-order valence-electron chi connectivity index (χ2n) is 6.76. The van der Waals surface area contributed by atoms with Gasteiger partial charge in [0.15, 0.2) is 5.96 Å². The monoisotopic (exact) mass is 332 g/mol. The van der Waals surface area contributed by atoms with E-state index in [1.807, 2.05) is 7.05 Å². The largest absolute Gasteiger partial charge is 0.379 e. The summed E-state index contributed by atoms with van der Waals surface area (Å²) in [4.78, 5) is 6.88. The molecule has 5 heteroatoms. The first kappa shape index (κ1) is 18.7. The van der Waals surface area contributed by atoms with Crippen molar-refractivity contribution in [2.45, 2.75) is 33.4 Å². The van der Waals surface area contributed by atoms with Crippen molar-refractivity contribution in [3.8, 4) is 0 Å². The number of aliphatic imine (C=N–C) groups is 1. The van der Waals surface area contributed by atoms with Gasteiger partial charge >= 0.3 is 0 Å². The Hall–Kier alpha value is -1.59. The second-order valence-corrected chi connectivity index (χ2v) is 6.76. The van der Waals surface area contributed by atoms with Gasteiger partial charge in [-0.1, -0.05) is 43.7 Å². The number of nitrogens with one attached hydrogen (secondary N) is 2. The summed E-state index contributed by atoms with van der Waals surface area (Å²) < 4.78 is 5.48. The van der Waals surface area contributed by atoms with Gasteiger partial charge in [0.05, 0.1) is 13.2 Å². The van der Waals surface area contributed by atoms with Gasteiger partial charge in [-0.15, -0.1) is 0 Å². The van der Waals surface area contributed by atoms with Crippen LogP contribution in [-0.4, -0.2) is 56.8 Å². The van der Waals surface area contributed by atoms with Crippen molar-refractivity contribution in [2.75, 3.05) is 39.9 Å². The molecule has 0 radical (unpaired) electrons. The quantitative estimate of drug-likeness (QED) is 0.618. The molecule has 1 aromatic carbocycles. The normalized spacial score (nSPS) is 17.8. The third-order valence-electron chi connectivity index (χ3n) is 4.53. The van der Waals surface area contributed by atoms with Crippen LogP contribution in [0.1, 0.15) is 25.0 Å². The zero-order valence-electron chi connectivity index (χ0n) is 15.5. The van der Waals surface area contributed by atoms with E-state index in [-0.39, 0.29) is 0 Å². The molecule has 0 saturated carbocycles. The standard InChI is InChI=1S/C19H32N4O/c1-15(2)18(23-8-10-24-11-9-23)14-22-19(20-4)21-13-17-7-5-6-16(3)12-17/h5-7,12,15,18H,8-11,13-14H2,1-4H3,(H2,20,21,22). The molecule has 134 valence electrons. The minimum Gasteiger partial charge on any atom is -0.379 e. The average Bonchev–Trinajstić information content (AvgIpc) is 2.58. The first-order valence-electron chi connectivity index (χ1n) is 8.92. The Kier molecular flexibility index (Phi) is 7.53. The van der Waals surface area contributed by atoms with E-state index in [0.29, 0.717) is 12.0 Å². The van der Waals surface area contributed by atoms with Crippen molar-refractivity contribution in [1.29, 1.82) is 0 Å².